The summed E-state index contributed by atoms with van der Waals surface area (Å²) >= 11 is 5.82. The van der Waals surface area contributed by atoms with E-state index in [1.165, 1.54) is 0 Å². The highest BCUT2D eigenvalue weighted by molar-refractivity contribution is 6.31. The molecule has 0 saturated heterocycles. The molecule has 0 spiro atoms. The Labute approximate surface area is 112 Å². The number of nitrogens with zero attached hydrogens (tertiary/aromatic N) is 1. The summed E-state index contributed by atoms with van der Waals surface area (Å²) < 4.78 is 5.22. The Hall–Kier alpha value is -1.57. The van der Waals surface area contributed by atoms with Crippen LogP contribution < -0.4 is 5.32 Å². The molecule has 1 N–H and O–H groups in total. The highest BCUT2D eigenvalue weighted by Gasteiger charge is 2.07. The average molecular weight is 267 g/mol. The number of anilines is 1. The van der Waals surface area contributed by atoms with Crippen molar-refractivity contribution in [3.63, 3.8) is 0 Å². The van der Waals surface area contributed by atoms with Gasteiger partial charge in [-0.3, -0.25) is 4.79 Å². The molecule has 0 fully saturated rings. The summed E-state index contributed by atoms with van der Waals surface area (Å²) in [5, 5.41) is 12.0. The smallest absolute Gasteiger partial charge is 0.226 e. The predicted molar refractivity (Wildman–Crippen MR) is 70.5 cm³/mol. The van der Waals surface area contributed by atoms with Crippen LogP contribution >= 0.6 is 11.6 Å². The lowest BCUT2D eigenvalue weighted by Crippen LogP contribution is -2.15. The third kappa shape index (κ3) is 4.74. The van der Waals surface area contributed by atoms with Gasteiger partial charge < -0.3 is 10.1 Å². The van der Waals surface area contributed by atoms with E-state index in [-0.39, 0.29) is 12.3 Å². The van der Waals surface area contributed by atoms with E-state index in [9.17, 15) is 4.79 Å². The molecule has 0 saturated carbocycles. The second-order valence-electron chi connectivity index (χ2n) is 3.71. The molecule has 0 aliphatic carbocycles. The molecule has 0 aliphatic rings. The predicted octanol–water partition coefficient (Wildman–Crippen LogP) is 2.97. The third-order valence-corrected chi connectivity index (χ3v) is 2.43. The molecule has 0 unspecified atom stereocenters. The fraction of sp³-hybridized carbons (Fsp3) is 0.385. The van der Waals surface area contributed by atoms with Gasteiger partial charge in [0.15, 0.2) is 0 Å². The van der Waals surface area contributed by atoms with Gasteiger partial charge in [0.25, 0.3) is 0 Å². The van der Waals surface area contributed by atoms with Gasteiger partial charge in [0.05, 0.1) is 24.3 Å². The lowest BCUT2D eigenvalue weighted by atomic mass is 10.2. The molecule has 1 aromatic carbocycles. The maximum atomic E-state index is 11.6. The number of hydrogen-bond acceptors (Lipinski definition) is 3. The number of carbonyl (C=O) groups excluding carboxylic acids is 1. The minimum atomic E-state index is -0.190. The number of ether oxygens (including phenoxy) is 1. The molecule has 0 aliphatic heterocycles. The van der Waals surface area contributed by atoms with Gasteiger partial charge in [0.2, 0.25) is 5.91 Å². The maximum Gasteiger partial charge on any atom is 0.226 e. The van der Waals surface area contributed by atoms with E-state index in [1.54, 1.807) is 18.2 Å². The molecule has 0 heterocycles. The fourth-order valence-electron chi connectivity index (χ4n) is 1.34. The normalized spacial score (nSPS) is 9.83. The van der Waals surface area contributed by atoms with Crippen molar-refractivity contribution in [3.05, 3.63) is 28.8 Å². The third-order valence-electron chi connectivity index (χ3n) is 2.20. The average Bonchev–Trinajstić information content (AvgIpc) is 2.35. The van der Waals surface area contributed by atoms with Crippen molar-refractivity contribution >= 4 is 23.2 Å². The van der Waals surface area contributed by atoms with E-state index in [0.29, 0.717) is 29.5 Å². The first-order valence-corrected chi connectivity index (χ1v) is 6.12. The van der Waals surface area contributed by atoms with Gasteiger partial charge >= 0.3 is 0 Å². The van der Waals surface area contributed by atoms with Crippen molar-refractivity contribution in [3.8, 4) is 6.07 Å². The zero-order valence-corrected chi connectivity index (χ0v) is 11.0. The number of nitriles is 1. The number of halogens is 1. The topological polar surface area (TPSA) is 62.1 Å². The number of carbonyl (C=O) groups is 1. The highest BCUT2D eigenvalue weighted by atomic mass is 35.5. The van der Waals surface area contributed by atoms with Gasteiger partial charge in [-0.15, -0.1) is 0 Å². The Morgan fingerprint density at radius 1 is 1.50 bits per heavy atom. The molecule has 0 radical (unpaired) electrons. The number of nitrogens with one attached hydrogen (secondary N) is 1. The van der Waals surface area contributed by atoms with Crippen molar-refractivity contribution in [2.75, 3.05) is 18.5 Å². The first-order chi connectivity index (χ1) is 8.67. The summed E-state index contributed by atoms with van der Waals surface area (Å²) in [6.07, 6.45) is 1.19. The lowest BCUT2D eigenvalue weighted by molar-refractivity contribution is -0.117. The lowest BCUT2D eigenvalue weighted by Gasteiger charge is -2.07. The molecule has 0 atom stereocenters. The maximum absolute atomic E-state index is 11.6. The largest absolute Gasteiger partial charge is 0.381 e. The molecular formula is C13H15ClN2O2. The highest BCUT2D eigenvalue weighted by Crippen LogP contribution is 2.20. The van der Waals surface area contributed by atoms with E-state index >= 15 is 0 Å². The van der Waals surface area contributed by atoms with Crippen LogP contribution in [0.4, 0.5) is 5.69 Å². The van der Waals surface area contributed by atoms with Gasteiger partial charge in [-0.1, -0.05) is 18.5 Å². The van der Waals surface area contributed by atoms with Crippen molar-refractivity contribution in [2.24, 2.45) is 0 Å². The summed E-state index contributed by atoms with van der Waals surface area (Å²) in [6.45, 7) is 3.03. The van der Waals surface area contributed by atoms with Crippen LogP contribution in [0, 0.1) is 11.3 Å². The van der Waals surface area contributed by atoms with Crippen molar-refractivity contribution in [1.29, 1.82) is 5.26 Å². The Kier molecular flexibility index (Phi) is 6.20. The van der Waals surface area contributed by atoms with Crippen LogP contribution in [-0.2, 0) is 9.53 Å². The van der Waals surface area contributed by atoms with E-state index in [1.807, 2.05) is 13.0 Å². The second kappa shape index (κ2) is 7.70. The standard InChI is InChI=1S/C13H15ClN2O2/c1-2-6-18-7-5-13(17)16-12-8-11(14)4-3-10(12)9-15/h3-4,8H,2,5-7H2,1H3,(H,16,17). The molecule has 96 valence electrons. The molecule has 1 amide bonds. The summed E-state index contributed by atoms with van der Waals surface area (Å²) in [5.74, 6) is -0.190. The van der Waals surface area contributed by atoms with E-state index < -0.39 is 0 Å². The van der Waals surface area contributed by atoms with Gasteiger partial charge in [0.1, 0.15) is 6.07 Å². The monoisotopic (exact) mass is 266 g/mol. The van der Waals surface area contributed by atoms with Gasteiger partial charge in [-0.25, -0.2) is 0 Å². The van der Waals surface area contributed by atoms with Crippen LogP contribution in [0.2, 0.25) is 5.02 Å². The van der Waals surface area contributed by atoms with Crippen LogP contribution in [0.25, 0.3) is 0 Å². The first-order valence-electron chi connectivity index (χ1n) is 5.74. The number of amides is 1. The second-order valence-corrected chi connectivity index (χ2v) is 4.15. The van der Waals surface area contributed by atoms with Crippen molar-refractivity contribution < 1.29 is 9.53 Å². The summed E-state index contributed by atoms with van der Waals surface area (Å²) in [4.78, 5) is 11.6. The fourth-order valence-corrected chi connectivity index (χ4v) is 1.51. The van der Waals surface area contributed by atoms with E-state index in [4.69, 9.17) is 21.6 Å². The summed E-state index contributed by atoms with van der Waals surface area (Å²) in [6, 6.07) is 6.75. The van der Waals surface area contributed by atoms with Crippen LogP contribution in [0.1, 0.15) is 25.3 Å². The number of hydrogen-bond donors (Lipinski definition) is 1. The zero-order chi connectivity index (χ0) is 13.4. The van der Waals surface area contributed by atoms with Gasteiger partial charge in [-0.05, 0) is 24.6 Å². The molecule has 5 heteroatoms. The molecule has 0 aromatic heterocycles. The van der Waals surface area contributed by atoms with Crippen molar-refractivity contribution in [2.45, 2.75) is 19.8 Å². The molecular weight excluding hydrogens is 252 g/mol. The molecule has 18 heavy (non-hydrogen) atoms. The van der Waals surface area contributed by atoms with Crippen LogP contribution in [-0.4, -0.2) is 19.1 Å². The Bertz CT molecular complexity index is 455. The van der Waals surface area contributed by atoms with E-state index in [0.717, 1.165) is 6.42 Å². The molecule has 1 rings (SSSR count). The molecule has 1 aromatic rings. The SMILES string of the molecule is CCCOCCC(=O)Nc1cc(Cl)ccc1C#N. The number of benzene rings is 1. The van der Waals surface area contributed by atoms with Crippen LogP contribution in [0.5, 0.6) is 0 Å². The molecule has 0 bridgehead atoms. The Morgan fingerprint density at radius 3 is 2.94 bits per heavy atom. The van der Waals surface area contributed by atoms with Crippen LogP contribution in [0.3, 0.4) is 0 Å². The minimum absolute atomic E-state index is 0.190. The first kappa shape index (κ1) is 14.5. The molecule has 4 nitrogen and oxygen atoms in total. The minimum Gasteiger partial charge on any atom is -0.381 e. The van der Waals surface area contributed by atoms with Crippen molar-refractivity contribution in [1.82, 2.24) is 0 Å². The summed E-state index contributed by atoms with van der Waals surface area (Å²) in [7, 11) is 0. The quantitative estimate of drug-likeness (QED) is 0.805. The number of rotatable bonds is 6. The Balaban J connectivity index is 2.54. The van der Waals surface area contributed by atoms with E-state index in [2.05, 4.69) is 5.32 Å². The summed E-state index contributed by atoms with van der Waals surface area (Å²) in [5.41, 5.74) is 0.827. The Morgan fingerprint density at radius 2 is 2.28 bits per heavy atom. The zero-order valence-electron chi connectivity index (χ0n) is 10.2. The van der Waals surface area contributed by atoms with Gasteiger partial charge in [-0.2, -0.15) is 5.26 Å². The van der Waals surface area contributed by atoms with Crippen LogP contribution in [0.15, 0.2) is 18.2 Å². The van der Waals surface area contributed by atoms with Gasteiger partial charge in [0, 0.05) is 11.6 Å².